The van der Waals surface area contributed by atoms with Gasteiger partial charge >= 0.3 is 0 Å². The molecular weight excluding hydrogens is 362 g/mol. The first-order valence-corrected chi connectivity index (χ1v) is 9.69. The second kappa shape index (κ2) is 9.98. The van der Waals surface area contributed by atoms with Gasteiger partial charge in [0.15, 0.2) is 0 Å². The van der Waals surface area contributed by atoms with Crippen LogP contribution >= 0.6 is 0 Å². The van der Waals surface area contributed by atoms with Crippen LogP contribution in [0.5, 0.6) is 0 Å². The van der Waals surface area contributed by atoms with Gasteiger partial charge in [0.25, 0.3) is 5.91 Å². The first-order valence-electron chi connectivity index (χ1n) is 9.69. The number of likely N-dealkylation sites (N-methyl/N-ethyl adjacent to an activating group) is 1. The van der Waals surface area contributed by atoms with E-state index in [1.54, 1.807) is 11.9 Å². The summed E-state index contributed by atoms with van der Waals surface area (Å²) in [6, 6.07) is 27.3. The molecule has 3 rings (SSSR count). The van der Waals surface area contributed by atoms with E-state index in [2.05, 4.69) is 10.8 Å². The van der Waals surface area contributed by atoms with Crippen molar-refractivity contribution in [2.45, 2.75) is 25.7 Å². The quantitative estimate of drug-likeness (QED) is 0.404. The number of carbonyl (C=O) groups is 1. The third-order valence-electron chi connectivity index (χ3n) is 5.16. The second-order valence-corrected chi connectivity index (χ2v) is 7.07. The predicted octanol–water partition coefficient (Wildman–Crippen LogP) is 3.91. The molecule has 29 heavy (non-hydrogen) atoms. The number of hydroxylamine groups is 1. The summed E-state index contributed by atoms with van der Waals surface area (Å²) in [6.45, 7) is 2.47. The minimum absolute atomic E-state index is 0.0983. The third-order valence-corrected chi connectivity index (χ3v) is 5.16. The van der Waals surface area contributed by atoms with E-state index in [0.717, 1.165) is 16.7 Å². The second-order valence-electron chi connectivity index (χ2n) is 7.07. The molecule has 150 valence electrons. The Labute approximate surface area is 172 Å². The summed E-state index contributed by atoms with van der Waals surface area (Å²) in [7, 11) is 1.74. The molecule has 3 aromatic rings. The van der Waals surface area contributed by atoms with Crippen molar-refractivity contribution >= 4 is 5.91 Å². The van der Waals surface area contributed by atoms with Crippen molar-refractivity contribution in [3.8, 4) is 11.1 Å². The summed E-state index contributed by atoms with van der Waals surface area (Å²) in [5.74, 6) is -0.0983. The average Bonchev–Trinajstić information content (AvgIpc) is 2.79. The Hall–Kier alpha value is -2.99. The molecule has 3 N–H and O–H groups in total. The van der Waals surface area contributed by atoms with Crippen molar-refractivity contribution in [1.82, 2.24) is 15.7 Å². The lowest BCUT2D eigenvalue weighted by Gasteiger charge is -2.32. The summed E-state index contributed by atoms with van der Waals surface area (Å²) in [4.78, 5) is 14.5. The van der Waals surface area contributed by atoms with Crippen LogP contribution in [0.15, 0.2) is 84.9 Å². The Balaban J connectivity index is 1.64. The number of nitrogens with one attached hydrogen (secondary N) is 2. The summed E-state index contributed by atoms with van der Waals surface area (Å²) in [5, 5.41) is 12.8. The van der Waals surface area contributed by atoms with Gasteiger partial charge in [0, 0.05) is 19.2 Å². The molecule has 0 aliphatic heterocycles. The van der Waals surface area contributed by atoms with Crippen molar-refractivity contribution in [2.75, 3.05) is 7.05 Å². The summed E-state index contributed by atoms with van der Waals surface area (Å²) in [5.41, 5.74) is 6.18. The maximum absolute atomic E-state index is 12.9. The van der Waals surface area contributed by atoms with E-state index < -0.39 is 6.17 Å². The Bertz CT molecular complexity index is 898. The molecule has 3 aromatic carbocycles. The molecule has 0 heterocycles. The van der Waals surface area contributed by atoms with Crippen LogP contribution in [-0.2, 0) is 6.54 Å². The first-order chi connectivity index (χ1) is 14.1. The molecule has 0 aromatic heterocycles. The number of hydrogen-bond donors (Lipinski definition) is 3. The fraction of sp³-hybridized carbons (Fsp3) is 0.208. The first kappa shape index (κ1) is 20.7. The topological polar surface area (TPSA) is 64.6 Å². The van der Waals surface area contributed by atoms with Gasteiger partial charge in [-0.2, -0.15) is 5.48 Å². The van der Waals surface area contributed by atoms with E-state index in [1.165, 1.54) is 0 Å². The molecule has 0 aliphatic rings. The Kier molecular flexibility index (Phi) is 7.14. The molecule has 0 saturated heterocycles. The number of hydrogen-bond acceptors (Lipinski definition) is 4. The highest BCUT2D eigenvalue weighted by Crippen LogP contribution is 2.20. The largest absolute Gasteiger partial charge is 0.336 e. The number of amides is 1. The molecular formula is C24H27N3O2. The van der Waals surface area contributed by atoms with Crippen molar-refractivity contribution in [3.05, 3.63) is 96.1 Å². The molecule has 0 fully saturated rings. The van der Waals surface area contributed by atoms with Crippen LogP contribution in [0.1, 0.15) is 22.8 Å². The van der Waals surface area contributed by atoms with E-state index >= 15 is 0 Å². The summed E-state index contributed by atoms with van der Waals surface area (Å²) >= 11 is 0. The van der Waals surface area contributed by atoms with Gasteiger partial charge in [-0.3, -0.25) is 10.1 Å². The van der Waals surface area contributed by atoms with Gasteiger partial charge in [0.05, 0.1) is 6.04 Å². The van der Waals surface area contributed by atoms with Gasteiger partial charge in [-0.1, -0.05) is 72.8 Å². The molecule has 0 radical (unpaired) electrons. The Morgan fingerprint density at radius 1 is 0.897 bits per heavy atom. The van der Waals surface area contributed by atoms with Gasteiger partial charge in [-0.25, -0.2) is 0 Å². The van der Waals surface area contributed by atoms with Gasteiger partial charge in [0.1, 0.15) is 6.17 Å². The lowest BCUT2D eigenvalue weighted by atomic mass is 10.0. The maximum atomic E-state index is 12.9. The van der Waals surface area contributed by atoms with E-state index in [1.807, 2.05) is 91.9 Å². The van der Waals surface area contributed by atoms with Crippen molar-refractivity contribution in [1.29, 1.82) is 0 Å². The maximum Gasteiger partial charge on any atom is 0.253 e. The van der Waals surface area contributed by atoms with Crippen LogP contribution in [0, 0.1) is 0 Å². The molecule has 5 nitrogen and oxygen atoms in total. The highest BCUT2D eigenvalue weighted by Gasteiger charge is 2.24. The minimum Gasteiger partial charge on any atom is -0.336 e. The van der Waals surface area contributed by atoms with Crippen LogP contribution in [0.25, 0.3) is 11.1 Å². The third kappa shape index (κ3) is 5.29. The standard InChI is InChI=1S/C24H27N3O2/c1-18(23(26-29)25-17-19-9-5-3-6-10-19)27(2)24(28)22-15-13-21(14-16-22)20-11-7-4-8-12-20/h3-16,18,23,25-26,29H,17H2,1-2H3. The normalized spacial score (nSPS) is 12.9. The Morgan fingerprint density at radius 3 is 2.03 bits per heavy atom. The van der Waals surface area contributed by atoms with Gasteiger partial charge in [0.2, 0.25) is 0 Å². The zero-order chi connectivity index (χ0) is 20.6. The zero-order valence-electron chi connectivity index (χ0n) is 16.7. The van der Waals surface area contributed by atoms with Gasteiger partial charge in [-0.15, -0.1) is 0 Å². The van der Waals surface area contributed by atoms with Gasteiger partial charge in [-0.05, 0) is 35.7 Å². The number of nitrogens with zero attached hydrogens (tertiary/aromatic N) is 1. The number of carbonyl (C=O) groups excluding carboxylic acids is 1. The van der Waals surface area contributed by atoms with Crippen molar-refractivity contribution < 1.29 is 10.0 Å². The molecule has 0 bridgehead atoms. The fourth-order valence-electron chi connectivity index (χ4n) is 3.20. The highest BCUT2D eigenvalue weighted by molar-refractivity contribution is 5.94. The average molecular weight is 389 g/mol. The Morgan fingerprint density at radius 2 is 1.45 bits per heavy atom. The lowest BCUT2D eigenvalue weighted by Crippen LogP contribution is -2.55. The van der Waals surface area contributed by atoms with Crippen LogP contribution in [0.3, 0.4) is 0 Å². The van der Waals surface area contributed by atoms with E-state index in [-0.39, 0.29) is 11.9 Å². The smallest absolute Gasteiger partial charge is 0.253 e. The van der Waals surface area contributed by atoms with Gasteiger partial charge < -0.3 is 10.1 Å². The molecule has 5 heteroatoms. The summed E-state index contributed by atoms with van der Waals surface area (Å²) < 4.78 is 0. The van der Waals surface area contributed by atoms with Crippen LogP contribution in [0.2, 0.25) is 0 Å². The van der Waals surface area contributed by atoms with Crippen LogP contribution in [0.4, 0.5) is 0 Å². The molecule has 2 unspecified atom stereocenters. The molecule has 0 saturated carbocycles. The predicted molar refractivity (Wildman–Crippen MR) is 115 cm³/mol. The number of benzene rings is 3. The highest BCUT2D eigenvalue weighted by atomic mass is 16.5. The van der Waals surface area contributed by atoms with Crippen LogP contribution in [-0.4, -0.2) is 35.3 Å². The molecule has 0 spiro atoms. The molecule has 2 atom stereocenters. The monoisotopic (exact) mass is 389 g/mol. The van der Waals surface area contributed by atoms with E-state index in [9.17, 15) is 10.0 Å². The minimum atomic E-state index is -0.465. The SMILES string of the molecule is CC(C(NO)NCc1ccccc1)N(C)C(=O)c1ccc(-c2ccccc2)cc1. The van der Waals surface area contributed by atoms with E-state index in [4.69, 9.17) is 0 Å². The van der Waals surface area contributed by atoms with Crippen molar-refractivity contribution in [3.63, 3.8) is 0 Å². The molecule has 1 amide bonds. The number of rotatable bonds is 8. The summed E-state index contributed by atoms with van der Waals surface area (Å²) in [6.07, 6.45) is -0.465. The molecule has 0 aliphatic carbocycles. The van der Waals surface area contributed by atoms with Crippen molar-refractivity contribution in [2.24, 2.45) is 0 Å². The lowest BCUT2D eigenvalue weighted by molar-refractivity contribution is 0.0468. The zero-order valence-corrected chi connectivity index (χ0v) is 16.7. The van der Waals surface area contributed by atoms with E-state index in [0.29, 0.717) is 12.1 Å². The van der Waals surface area contributed by atoms with Crippen LogP contribution < -0.4 is 10.8 Å². The fourth-order valence-corrected chi connectivity index (χ4v) is 3.20.